The highest BCUT2D eigenvalue weighted by Gasteiger charge is 2.54. The van der Waals surface area contributed by atoms with Crippen molar-refractivity contribution in [3.05, 3.63) is 34.0 Å². The average Bonchev–Trinajstić information content (AvgIpc) is 3.37. The molecule has 16 heteroatoms. The van der Waals surface area contributed by atoms with Crippen LogP contribution in [0.1, 0.15) is 26.5 Å². The molecule has 3 rings (SSSR count). The Morgan fingerprint density at radius 1 is 1.27 bits per heavy atom. The number of carbonyl (C=O) groups is 4. The quantitative estimate of drug-likeness (QED) is 0.0586. The summed E-state index contributed by atoms with van der Waals surface area (Å²) in [5, 5.41) is 7.60. The molecule has 2 aliphatic rings. The molecule has 0 radical (unpaired) electrons. The first-order valence-corrected chi connectivity index (χ1v) is 14.1. The van der Waals surface area contributed by atoms with Crippen molar-refractivity contribution in [3.8, 4) is 0 Å². The van der Waals surface area contributed by atoms with Crippen LogP contribution in [0.4, 0.5) is 5.13 Å². The number of nitrogens with one attached hydrogen (secondary N) is 1. The Labute approximate surface area is 238 Å². The first-order chi connectivity index (χ1) is 19.2. The number of amides is 2. The van der Waals surface area contributed by atoms with Gasteiger partial charge in [-0.3, -0.25) is 14.5 Å². The largest absolute Gasteiger partial charge is 0.456 e. The van der Waals surface area contributed by atoms with Gasteiger partial charge in [-0.15, -0.1) is 23.1 Å². The lowest BCUT2D eigenvalue weighted by Gasteiger charge is -2.49. The maximum atomic E-state index is 13.1. The molecule has 0 spiro atoms. The van der Waals surface area contributed by atoms with Crippen LogP contribution in [0.15, 0.2) is 33.5 Å². The lowest BCUT2D eigenvalue weighted by molar-refractivity contribution is -0.155. The number of fused-ring (bicyclic) bond motifs is 1. The van der Waals surface area contributed by atoms with Gasteiger partial charge < -0.3 is 34.8 Å². The number of hydrogen-bond acceptors (Lipinski definition) is 14. The summed E-state index contributed by atoms with van der Waals surface area (Å²) >= 11 is 2.51. The molecule has 14 nitrogen and oxygen atoms in total. The van der Waals surface area contributed by atoms with Gasteiger partial charge in [0, 0.05) is 17.7 Å². The summed E-state index contributed by atoms with van der Waals surface area (Å²) in [5.41, 5.74) is 6.52. The van der Waals surface area contributed by atoms with E-state index < -0.39 is 35.2 Å². The molecule has 0 bridgehead atoms. The topological polar surface area (TPSA) is 181 Å². The summed E-state index contributed by atoms with van der Waals surface area (Å²) in [6.45, 7) is 5.72. The molecule has 0 aliphatic carbocycles. The number of anilines is 1. The Bertz CT molecular complexity index is 1210. The monoisotopic (exact) mass is 597 g/mol. The second-order valence-electron chi connectivity index (χ2n) is 8.23. The number of rotatable bonds is 14. The van der Waals surface area contributed by atoms with E-state index in [9.17, 15) is 19.2 Å². The molecule has 0 aromatic carbocycles. The van der Waals surface area contributed by atoms with Gasteiger partial charge in [0.05, 0.1) is 18.8 Å². The van der Waals surface area contributed by atoms with Crippen molar-refractivity contribution in [2.75, 3.05) is 51.8 Å². The van der Waals surface area contributed by atoms with Crippen LogP contribution in [-0.2, 0) is 43.0 Å². The van der Waals surface area contributed by atoms with Crippen LogP contribution in [0.25, 0.3) is 0 Å². The number of aromatic nitrogens is 1. The van der Waals surface area contributed by atoms with Crippen molar-refractivity contribution in [2.45, 2.75) is 32.2 Å². The van der Waals surface area contributed by atoms with E-state index in [0.29, 0.717) is 24.5 Å². The third-order valence-corrected chi connectivity index (χ3v) is 7.72. The number of esters is 2. The van der Waals surface area contributed by atoms with Crippen molar-refractivity contribution >= 4 is 57.7 Å². The minimum atomic E-state index is -0.921. The van der Waals surface area contributed by atoms with Gasteiger partial charge in [-0.25, -0.2) is 14.6 Å². The Kier molecular flexibility index (Phi) is 11.5. The minimum absolute atomic E-state index is 0.0698. The van der Waals surface area contributed by atoms with Crippen molar-refractivity contribution < 1.29 is 43.0 Å². The lowest BCUT2D eigenvalue weighted by Crippen LogP contribution is -2.71. The van der Waals surface area contributed by atoms with E-state index >= 15 is 0 Å². The fourth-order valence-corrected chi connectivity index (χ4v) is 5.49. The molecular formula is C24H31N5O9S2. The Balaban J connectivity index is 1.58. The van der Waals surface area contributed by atoms with Crippen LogP contribution in [0.2, 0.25) is 0 Å². The van der Waals surface area contributed by atoms with Gasteiger partial charge in [-0.05, 0) is 26.3 Å². The summed E-state index contributed by atoms with van der Waals surface area (Å²) in [6.07, 6.45) is 1.46. The van der Waals surface area contributed by atoms with E-state index in [0.717, 1.165) is 11.3 Å². The van der Waals surface area contributed by atoms with Crippen LogP contribution in [0, 0.1) is 0 Å². The molecule has 218 valence electrons. The SMILES string of the molecule is C/C=C(\COC(=O)C1=C(C)CS[C@@H]2[C@H](NC(=O)/C(=N\OC)c3csc(N)n3)C(=O)N12)C(=O)OCOCCOCC. The molecule has 2 atom stereocenters. The van der Waals surface area contributed by atoms with E-state index in [4.69, 9.17) is 29.5 Å². The highest BCUT2D eigenvalue weighted by Crippen LogP contribution is 2.40. The predicted molar refractivity (Wildman–Crippen MR) is 146 cm³/mol. The smallest absolute Gasteiger partial charge is 0.355 e. The summed E-state index contributed by atoms with van der Waals surface area (Å²) in [7, 11) is 1.28. The van der Waals surface area contributed by atoms with Gasteiger partial charge >= 0.3 is 11.9 Å². The maximum absolute atomic E-state index is 13.1. The number of thioether (sulfide) groups is 1. The number of nitrogen functional groups attached to an aromatic ring is 1. The third kappa shape index (κ3) is 7.38. The standard InChI is InChI=1S/C24H31N5O9S2/c1-5-14(22(32)38-12-36-8-7-35-6-2)9-37-23(33)18-13(3)10-39-21-17(20(31)29(18)21)27-19(30)16(28-34-4)15-11-40-24(25)26-15/h5,11,17,21H,6-10,12H2,1-4H3,(H2,25,26)(H,27,30)/b14-5+,28-16-/t17-,21-/m1/s1. The molecule has 3 N–H and O–H groups in total. The molecule has 3 heterocycles. The number of β-lactam (4-membered cyclic amide) rings is 1. The number of nitrogens with two attached hydrogens (primary N) is 1. The highest BCUT2D eigenvalue weighted by molar-refractivity contribution is 8.00. The molecule has 1 aromatic heterocycles. The summed E-state index contributed by atoms with van der Waals surface area (Å²) < 4.78 is 20.7. The molecular weight excluding hydrogens is 566 g/mol. The molecule has 2 aliphatic heterocycles. The number of hydrogen-bond donors (Lipinski definition) is 2. The van der Waals surface area contributed by atoms with Gasteiger partial charge in [0.25, 0.3) is 11.8 Å². The van der Waals surface area contributed by atoms with Gasteiger partial charge in [-0.2, -0.15) is 0 Å². The molecule has 1 aromatic rings. The summed E-state index contributed by atoms with van der Waals surface area (Å²) in [6, 6.07) is -0.921. The van der Waals surface area contributed by atoms with Crippen LogP contribution in [-0.4, -0.2) is 96.8 Å². The fraction of sp³-hybridized carbons (Fsp3) is 0.500. The van der Waals surface area contributed by atoms with Crippen LogP contribution >= 0.6 is 23.1 Å². The molecule has 1 fully saturated rings. The second-order valence-corrected chi connectivity index (χ2v) is 10.2. The lowest BCUT2D eigenvalue weighted by atomic mass is 10.0. The number of nitrogens with zero attached hydrogens (tertiary/aromatic N) is 3. The van der Waals surface area contributed by atoms with Crippen molar-refractivity contribution in [1.29, 1.82) is 0 Å². The van der Waals surface area contributed by atoms with Crippen molar-refractivity contribution in [3.63, 3.8) is 0 Å². The molecule has 0 saturated carbocycles. The minimum Gasteiger partial charge on any atom is -0.456 e. The molecule has 1 saturated heterocycles. The zero-order valence-corrected chi connectivity index (χ0v) is 24.1. The Hall–Kier alpha value is -3.47. The van der Waals surface area contributed by atoms with Crippen molar-refractivity contribution in [2.24, 2.45) is 5.16 Å². The van der Waals surface area contributed by atoms with Crippen molar-refractivity contribution in [1.82, 2.24) is 15.2 Å². The predicted octanol–water partition coefficient (Wildman–Crippen LogP) is 0.793. The van der Waals surface area contributed by atoms with Crippen LogP contribution in [0.5, 0.6) is 0 Å². The number of carbonyl (C=O) groups excluding carboxylic acids is 4. The first-order valence-electron chi connectivity index (χ1n) is 12.2. The Morgan fingerprint density at radius 3 is 2.67 bits per heavy atom. The fourth-order valence-electron chi connectivity index (χ4n) is 3.64. The van der Waals surface area contributed by atoms with E-state index in [1.54, 1.807) is 19.2 Å². The van der Waals surface area contributed by atoms with E-state index in [-0.39, 0.29) is 47.8 Å². The van der Waals surface area contributed by atoms with Gasteiger partial charge in [0.1, 0.15) is 36.5 Å². The number of thiazole rings is 1. The molecule has 0 unspecified atom stereocenters. The second kappa shape index (κ2) is 14.8. The van der Waals surface area contributed by atoms with E-state index in [2.05, 4.69) is 15.5 Å². The zero-order valence-electron chi connectivity index (χ0n) is 22.5. The van der Waals surface area contributed by atoms with E-state index in [1.165, 1.54) is 29.8 Å². The zero-order chi connectivity index (χ0) is 29.2. The van der Waals surface area contributed by atoms with Gasteiger partial charge in [0.2, 0.25) is 0 Å². The van der Waals surface area contributed by atoms with Gasteiger partial charge in [-0.1, -0.05) is 11.2 Å². The number of oxime groups is 1. The van der Waals surface area contributed by atoms with Crippen LogP contribution < -0.4 is 11.1 Å². The normalized spacial score (nSPS) is 19.1. The first kappa shape index (κ1) is 31.1. The summed E-state index contributed by atoms with van der Waals surface area (Å²) in [5.74, 6) is -2.24. The summed E-state index contributed by atoms with van der Waals surface area (Å²) in [4.78, 5) is 61.4. The number of ether oxygens (including phenoxy) is 4. The van der Waals surface area contributed by atoms with Crippen LogP contribution in [0.3, 0.4) is 0 Å². The highest BCUT2D eigenvalue weighted by atomic mass is 32.2. The number of allylic oxidation sites excluding steroid dienone is 1. The maximum Gasteiger partial charge on any atom is 0.355 e. The molecule has 2 amide bonds. The average molecular weight is 598 g/mol. The van der Waals surface area contributed by atoms with E-state index in [1.807, 2.05) is 6.92 Å². The Morgan fingerprint density at radius 2 is 2.02 bits per heavy atom. The van der Waals surface area contributed by atoms with Gasteiger partial charge in [0.15, 0.2) is 17.6 Å². The third-order valence-electron chi connectivity index (χ3n) is 5.62. The molecule has 40 heavy (non-hydrogen) atoms.